The van der Waals surface area contributed by atoms with Gasteiger partial charge in [0.1, 0.15) is 24.2 Å². The van der Waals surface area contributed by atoms with Crippen LogP contribution < -0.4 is 63.8 Å². The molecule has 4 aromatic rings. The molecule has 12 amide bonds. The summed E-state index contributed by atoms with van der Waals surface area (Å²) in [7, 11) is 0. The van der Waals surface area contributed by atoms with Crippen molar-refractivity contribution in [3.05, 3.63) is 72.9 Å². The predicted octanol–water partition coefficient (Wildman–Crippen LogP) is 9.82. The molecule has 20 N–H and O–H groups in total. The molecule has 777 valence electrons. The minimum atomic E-state index is -1.19. The molecule has 0 fully saturated rings. The van der Waals surface area contributed by atoms with Crippen LogP contribution in [0.4, 0.5) is 0 Å². The van der Waals surface area contributed by atoms with Crippen molar-refractivity contribution in [1.29, 1.82) is 0 Å². The van der Waals surface area contributed by atoms with E-state index in [1.165, 1.54) is 256 Å². The van der Waals surface area contributed by atoms with Gasteiger partial charge < -0.3 is 104 Å². The smallest absolute Gasteiger partial charge is 0.480 e. The van der Waals surface area contributed by atoms with E-state index in [1.807, 2.05) is 0 Å². The monoisotopic (exact) mass is 1980 g/mol. The Kier molecular flexibility index (Phi) is 79.4. The molecule has 0 aliphatic rings. The van der Waals surface area contributed by atoms with Gasteiger partial charge in [0.15, 0.2) is 0 Å². The molecule has 0 bridgehead atoms. The Bertz CT molecular complexity index is 3390. The molecule has 0 aliphatic carbocycles. The molecule has 137 heavy (non-hydrogen) atoms. The summed E-state index contributed by atoms with van der Waals surface area (Å²) in [4.78, 5) is 214. The van der Waals surface area contributed by atoms with Crippen LogP contribution >= 0.6 is 0 Å². The van der Waals surface area contributed by atoms with Crippen molar-refractivity contribution in [1.82, 2.24) is 104 Å². The number of hydrogen-bond acceptors (Lipinski definition) is 20. The number of imidazole rings is 4. The number of hydrogen-bond donors (Lipinski definition) is 20. The number of aromatic nitrogens is 8. The molecule has 4 aromatic heterocycles. The number of rotatable bonds is 80. The first-order valence-corrected chi connectivity index (χ1v) is 49.8. The van der Waals surface area contributed by atoms with Crippen molar-refractivity contribution >= 4 is 94.8 Å². The summed E-state index contributed by atoms with van der Waals surface area (Å²) in [5.41, 5.74) is 2.27. The second kappa shape index (κ2) is 86.5. The minimum Gasteiger partial charge on any atom is -0.480 e. The van der Waals surface area contributed by atoms with Crippen LogP contribution in [0.3, 0.4) is 0 Å². The van der Waals surface area contributed by atoms with E-state index < -0.39 is 95.3 Å². The average molecular weight is 1980 g/mol. The number of aromatic amines is 4. The molecule has 1 radical (unpaired) electrons. The molecule has 4 atom stereocenters. The van der Waals surface area contributed by atoms with Crippen molar-refractivity contribution in [2.75, 3.05) is 52.4 Å². The topological polar surface area (TPSA) is 613 Å². The summed E-state index contributed by atoms with van der Waals surface area (Å²) in [6.45, 7) is 6.51. The van der Waals surface area contributed by atoms with Gasteiger partial charge in [-0.15, -0.1) is 0 Å². The van der Waals surface area contributed by atoms with Gasteiger partial charge >= 0.3 is 40.9 Å². The number of H-pyrrole nitrogens is 4. The van der Waals surface area contributed by atoms with E-state index in [0.29, 0.717) is 48.5 Å². The Labute approximate surface area is 819 Å². The van der Waals surface area contributed by atoms with E-state index >= 15 is 0 Å². The van der Waals surface area contributed by atoms with Crippen LogP contribution in [0.1, 0.15) is 359 Å². The third-order valence-corrected chi connectivity index (χ3v) is 22.0. The second-order valence-electron chi connectivity index (χ2n) is 34.3. The molecule has 4 heterocycles. The maximum atomic E-state index is 12.0. The van der Waals surface area contributed by atoms with Crippen LogP contribution in [0.2, 0.25) is 0 Å². The van der Waals surface area contributed by atoms with Crippen LogP contribution in [0.25, 0.3) is 0 Å². The quantitative estimate of drug-likeness (QED) is 0.0144. The summed E-state index contributed by atoms with van der Waals surface area (Å²) in [5.74, 6) is -10.1. The second-order valence-corrected chi connectivity index (χ2v) is 34.3. The van der Waals surface area contributed by atoms with E-state index in [-0.39, 0.29) is 119 Å². The maximum Gasteiger partial charge on any atom is 2.00 e. The number of unbranched alkanes of at least 4 members (excludes halogenated alkanes) is 40. The van der Waals surface area contributed by atoms with Gasteiger partial charge in [0.2, 0.25) is 70.9 Å². The molecule has 0 aromatic carbocycles. The zero-order valence-corrected chi connectivity index (χ0v) is 82.7. The number of aliphatic carboxylic acids is 4. The summed E-state index contributed by atoms with van der Waals surface area (Å²) in [5, 5.41) is 66.0. The molecular weight excluding hydrogens is 1820 g/mol. The molecule has 0 unspecified atom stereocenters. The van der Waals surface area contributed by atoms with E-state index in [0.717, 1.165) is 77.0 Å². The molecule has 40 nitrogen and oxygen atoms in total. The molecule has 0 spiro atoms. The number of nitrogens with one attached hydrogen (secondary N) is 16. The largest absolute Gasteiger partial charge is 2.00 e. The van der Waals surface area contributed by atoms with Crippen molar-refractivity contribution < 1.29 is 114 Å². The van der Waals surface area contributed by atoms with Gasteiger partial charge in [0, 0.05) is 98.9 Å². The summed E-state index contributed by atoms with van der Waals surface area (Å²) in [6.07, 6.45) is 66.3. The summed E-state index contributed by atoms with van der Waals surface area (Å²) >= 11 is 0. The Morgan fingerprint density at radius 3 is 0.496 bits per heavy atom. The van der Waals surface area contributed by atoms with Crippen molar-refractivity contribution in [2.45, 2.75) is 386 Å². The molecule has 0 aliphatic heterocycles. The maximum absolute atomic E-state index is 12.0. The third-order valence-electron chi connectivity index (χ3n) is 22.0. The summed E-state index contributed by atoms with van der Waals surface area (Å²) < 4.78 is 0. The van der Waals surface area contributed by atoms with Crippen molar-refractivity contribution in [3.63, 3.8) is 0 Å². The van der Waals surface area contributed by atoms with Crippen LogP contribution in [0.5, 0.6) is 0 Å². The van der Waals surface area contributed by atoms with Crippen molar-refractivity contribution in [3.8, 4) is 0 Å². The van der Waals surface area contributed by atoms with Crippen LogP contribution in [-0.2, 0) is 119 Å². The Balaban J connectivity index is 0.00000180. The van der Waals surface area contributed by atoms with Gasteiger partial charge in [0.25, 0.3) is 0 Å². The number of carboxylic acids is 4. The standard InChI is InChI=1S/4C24H41N5O5.Cu/c4*1-2-3-4-5-6-7-8-9-10-11-12-13-21(30)26-16-22(31)27-17-23(32)29-20(24(33)34)14-19-15-25-18-28-19;/h4*15,18,20H,2-14,16-17H2,1H3,(H,25,28)(H,26,30)(H,27,31)(H,29,32)(H,33,34);/q;;;;+2/t4*20-;/m0000./s1. The van der Waals surface area contributed by atoms with E-state index in [2.05, 4.69) is 131 Å². The fourth-order valence-corrected chi connectivity index (χ4v) is 14.1. The van der Waals surface area contributed by atoms with Gasteiger partial charge in [-0.25, -0.2) is 39.1 Å². The van der Waals surface area contributed by atoms with Crippen LogP contribution in [-0.4, -0.2) is 232 Å². The van der Waals surface area contributed by atoms with E-state index in [1.54, 1.807) is 0 Å². The fraction of sp³-hybridized carbons (Fsp3) is 0.708. The van der Waals surface area contributed by atoms with E-state index in [9.17, 15) is 97.1 Å². The zero-order valence-electron chi connectivity index (χ0n) is 81.8. The average Bonchev–Trinajstić information content (AvgIpc) is 1.89. The van der Waals surface area contributed by atoms with Gasteiger partial charge in [-0.1, -0.05) is 285 Å². The molecule has 0 saturated carbocycles. The first-order chi connectivity index (χ1) is 65.7. The van der Waals surface area contributed by atoms with Crippen LogP contribution in [0, 0.1) is 0 Å². The Morgan fingerprint density at radius 1 is 0.219 bits per heavy atom. The molecular formula is C96H164CuN20O20+2. The van der Waals surface area contributed by atoms with Gasteiger partial charge in [-0.2, -0.15) is 0 Å². The number of nitrogens with zero attached hydrogens (tertiary/aromatic N) is 4. The fourth-order valence-electron chi connectivity index (χ4n) is 14.1. The minimum absolute atomic E-state index is 0. The van der Waals surface area contributed by atoms with Crippen LogP contribution in [0.15, 0.2) is 50.1 Å². The van der Waals surface area contributed by atoms with E-state index in [4.69, 9.17) is 0 Å². The number of carboxylic acid groups (broad SMARTS) is 4. The third kappa shape index (κ3) is 76.6. The Hall–Kier alpha value is -11.1. The number of amides is 12. The Morgan fingerprint density at radius 2 is 0.358 bits per heavy atom. The van der Waals surface area contributed by atoms with Gasteiger partial charge in [-0.05, 0) is 25.7 Å². The number of carbonyl (C=O) groups excluding carboxylic acids is 12. The molecule has 41 heteroatoms. The number of carbonyl (C=O) groups is 16. The van der Waals surface area contributed by atoms with Crippen molar-refractivity contribution in [2.24, 2.45) is 0 Å². The molecule has 0 saturated heterocycles. The van der Waals surface area contributed by atoms with Gasteiger partial charge in [-0.3, -0.25) is 57.5 Å². The first kappa shape index (κ1) is 126. The first-order valence-electron chi connectivity index (χ1n) is 49.8. The zero-order chi connectivity index (χ0) is 100. The SMILES string of the molecule is CCCCCCCCCCCCCC(=O)NCC(=O)NCC(=O)N[C@@H](Cc1cnc[nH]1)C(=O)O.CCCCCCCCCCCCCC(=O)NCC(=O)NCC(=O)N[C@@H](Cc1cnc[nH]1)C(=O)O.CCCCCCCCCCCCCC(=O)NCC(=O)NCC(=O)N[C@@H](Cc1cnc[nH]1)C(=O)O.CCCCCCCCCCCCCC(=O)NCC(=O)NCC(=O)N[C@@H](Cc1cnc[nH]1)C(=O)O.[Cu+2]. The molecule has 4 rings (SSSR count). The summed E-state index contributed by atoms with van der Waals surface area (Å²) in [6, 6.07) is -4.57. The normalized spacial score (nSPS) is 11.5. The van der Waals surface area contributed by atoms with Gasteiger partial charge in [0.05, 0.1) is 77.7 Å². The predicted molar refractivity (Wildman–Crippen MR) is 516 cm³/mol.